The lowest BCUT2D eigenvalue weighted by Crippen LogP contribution is -2.47. The molecule has 1 saturated heterocycles. The Hall–Kier alpha value is -1.62. The molecule has 0 aromatic heterocycles. The third-order valence-corrected chi connectivity index (χ3v) is 3.60. The summed E-state index contributed by atoms with van der Waals surface area (Å²) in [4.78, 5) is 14.2. The molecule has 5 heteroatoms. The second-order valence-electron chi connectivity index (χ2n) is 5.00. The Morgan fingerprint density at radius 3 is 3.00 bits per heavy atom. The highest BCUT2D eigenvalue weighted by Crippen LogP contribution is 2.20. The Morgan fingerprint density at radius 1 is 1.55 bits per heavy atom. The van der Waals surface area contributed by atoms with Gasteiger partial charge in [0.2, 0.25) is 0 Å². The van der Waals surface area contributed by atoms with Crippen LogP contribution in [0.3, 0.4) is 0 Å². The summed E-state index contributed by atoms with van der Waals surface area (Å²) in [7, 11) is 1.41. The van der Waals surface area contributed by atoms with E-state index < -0.39 is 5.82 Å². The fourth-order valence-corrected chi connectivity index (χ4v) is 2.60. The van der Waals surface area contributed by atoms with Gasteiger partial charge >= 0.3 is 0 Å². The molecule has 1 atom stereocenters. The third kappa shape index (κ3) is 3.28. The lowest BCUT2D eigenvalue weighted by atomic mass is 10.0. The minimum atomic E-state index is -0.501. The average Bonchev–Trinajstić information content (AvgIpc) is 2.47. The van der Waals surface area contributed by atoms with Gasteiger partial charge in [-0.05, 0) is 37.6 Å². The summed E-state index contributed by atoms with van der Waals surface area (Å²) in [5.74, 6) is -0.460. The summed E-state index contributed by atoms with van der Waals surface area (Å²) in [5, 5.41) is 3.36. The number of benzene rings is 1. The minimum absolute atomic E-state index is 0.117. The Morgan fingerprint density at radius 2 is 2.35 bits per heavy atom. The highest BCUT2D eigenvalue weighted by atomic mass is 19.1. The molecule has 1 fully saturated rings. The SMILES string of the molecule is CCNC1CCCN(C(=O)c2ccc(OC)c(F)c2)C1. The zero-order valence-electron chi connectivity index (χ0n) is 12.0. The van der Waals surface area contributed by atoms with Gasteiger partial charge in [0.25, 0.3) is 5.91 Å². The van der Waals surface area contributed by atoms with E-state index in [1.54, 1.807) is 11.0 Å². The standard InChI is InChI=1S/C15H21FN2O2/c1-3-17-12-5-4-8-18(10-12)15(19)11-6-7-14(20-2)13(16)9-11/h6-7,9,12,17H,3-5,8,10H2,1-2H3. The van der Waals surface area contributed by atoms with E-state index in [0.29, 0.717) is 18.2 Å². The van der Waals surface area contributed by atoms with Gasteiger partial charge in [-0.2, -0.15) is 0 Å². The van der Waals surface area contributed by atoms with Crippen molar-refractivity contribution in [2.24, 2.45) is 0 Å². The number of amides is 1. The lowest BCUT2D eigenvalue weighted by molar-refractivity contribution is 0.0695. The predicted octanol–water partition coefficient (Wildman–Crippen LogP) is 2.05. The van der Waals surface area contributed by atoms with Crippen molar-refractivity contribution in [3.63, 3.8) is 0 Å². The number of ether oxygens (including phenoxy) is 1. The fraction of sp³-hybridized carbons (Fsp3) is 0.533. The van der Waals surface area contributed by atoms with Crippen LogP contribution in [0.2, 0.25) is 0 Å². The highest BCUT2D eigenvalue weighted by Gasteiger charge is 2.24. The zero-order valence-corrected chi connectivity index (χ0v) is 12.0. The maximum atomic E-state index is 13.7. The van der Waals surface area contributed by atoms with Crippen LogP contribution < -0.4 is 10.1 Å². The number of methoxy groups -OCH3 is 1. The van der Waals surface area contributed by atoms with Gasteiger partial charge in [-0.25, -0.2) is 4.39 Å². The fourth-order valence-electron chi connectivity index (χ4n) is 2.60. The van der Waals surface area contributed by atoms with Gasteiger partial charge in [-0.15, -0.1) is 0 Å². The molecule has 1 N–H and O–H groups in total. The molecule has 1 aliphatic heterocycles. The van der Waals surface area contributed by atoms with Gasteiger partial charge < -0.3 is 15.0 Å². The molecular formula is C15H21FN2O2. The summed E-state index contributed by atoms with van der Waals surface area (Å²) < 4.78 is 18.5. The average molecular weight is 280 g/mol. The van der Waals surface area contributed by atoms with Crippen LogP contribution in [-0.4, -0.2) is 43.6 Å². The Labute approximate surface area is 118 Å². The van der Waals surface area contributed by atoms with E-state index in [9.17, 15) is 9.18 Å². The summed E-state index contributed by atoms with van der Waals surface area (Å²) in [6.45, 7) is 4.36. The van der Waals surface area contributed by atoms with E-state index in [1.807, 2.05) is 0 Å². The number of rotatable bonds is 4. The molecule has 4 nitrogen and oxygen atoms in total. The van der Waals surface area contributed by atoms with Gasteiger partial charge in [0, 0.05) is 24.7 Å². The maximum absolute atomic E-state index is 13.7. The number of piperidine rings is 1. The third-order valence-electron chi connectivity index (χ3n) is 3.60. The number of hydrogen-bond acceptors (Lipinski definition) is 3. The van der Waals surface area contributed by atoms with E-state index in [-0.39, 0.29) is 11.7 Å². The Balaban J connectivity index is 2.08. The number of carbonyl (C=O) groups is 1. The first kappa shape index (κ1) is 14.8. The van der Waals surface area contributed by atoms with E-state index in [1.165, 1.54) is 19.2 Å². The van der Waals surface area contributed by atoms with Gasteiger partial charge in [-0.3, -0.25) is 4.79 Å². The molecule has 20 heavy (non-hydrogen) atoms. The number of nitrogens with one attached hydrogen (secondary N) is 1. The molecular weight excluding hydrogens is 259 g/mol. The summed E-state index contributed by atoms with van der Waals surface area (Å²) in [5.41, 5.74) is 0.375. The molecule has 2 rings (SSSR count). The molecule has 1 aliphatic rings. The van der Waals surface area contributed by atoms with E-state index in [0.717, 1.165) is 25.9 Å². The van der Waals surface area contributed by atoms with Crippen LogP contribution >= 0.6 is 0 Å². The van der Waals surface area contributed by atoms with Crippen molar-refractivity contribution in [3.8, 4) is 5.75 Å². The van der Waals surface area contributed by atoms with Crippen LogP contribution in [-0.2, 0) is 0 Å². The monoisotopic (exact) mass is 280 g/mol. The lowest BCUT2D eigenvalue weighted by Gasteiger charge is -2.33. The summed E-state index contributed by atoms with van der Waals surface area (Å²) >= 11 is 0. The van der Waals surface area contributed by atoms with E-state index >= 15 is 0 Å². The molecule has 110 valence electrons. The second kappa shape index (κ2) is 6.70. The molecule has 1 aromatic rings. The summed E-state index contributed by atoms with van der Waals surface area (Å²) in [6.07, 6.45) is 2.05. The number of carbonyl (C=O) groups excluding carboxylic acids is 1. The molecule has 1 amide bonds. The first-order valence-electron chi connectivity index (χ1n) is 7.02. The Bertz CT molecular complexity index is 477. The predicted molar refractivity (Wildman–Crippen MR) is 75.6 cm³/mol. The van der Waals surface area contributed by atoms with Gasteiger partial charge in [0.15, 0.2) is 11.6 Å². The topological polar surface area (TPSA) is 41.6 Å². The van der Waals surface area contributed by atoms with E-state index in [4.69, 9.17) is 4.74 Å². The smallest absolute Gasteiger partial charge is 0.254 e. The van der Waals surface area contributed by atoms with Crippen molar-refractivity contribution in [1.29, 1.82) is 0 Å². The van der Waals surface area contributed by atoms with Crippen LogP contribution in [0.4, 0.5) is 4.39 Å². The molecule has 1 heterocycles. The number of nitrogens with zero attached hydrogens (tertiary/aromatic N) is 1. The number of likely N-dealkylation sites (tertiary alicyclic amines) is 1. The molecule has 0 aliphatic carbocycles. The second-order valence-corrected chi connectivity index (χ2v) is 5.00. The van der Waals surface area contributed by atoms with Crippen molar-refractivity contribution in [2.45, 2.75) is 25.8 Å². The minimum Gasteiger partial charge on any atom is -0.494 e. The van der Waals surface area contributed by atoms with E-state index in [2.05, 4.69) is 12.2 Å². The quantitative estimate of drug-likeness (QED) is 0.918. The first-order valence-corrected chi connectivity index (χ1v) is 7.02. The molecule has 1 unspecified atom stereocenters. The van der Waals surface area contributed by atoms with Gasteiger partial charge in [-0.1, -0.05) is 6.92 Å². The number of hydrogen-bond donors (Lipinski definition) is 1. The molecule has 0 saturated carbocycles. The van der Waals surface area contributed by atoms with Crippen molar-refractivity contribution in [2.75, 3.05) is 26.7 Å². The molecule has 0 radical (unpaired) electrons. The van der Waals surface area contributed by atoms with Crippen molar-refractivity contribution in [3.05, 3.63) is 29.6 Å². The number of likely N-dealkylation sites (N-methyl/N-ethyl adjacent to an activating group) is 1. The van der Waals surface area contributed by atoms with Crippen molar-refractivity contribution in [1.82, 2.24) is 10.2 Å². The molecule has 0 spiro atoms. The summed E-state index contributed by atoms with van der Waals surface area (Å²) in [6, 6.07) is 4.69. The van der Waals surface area contributed by atoms with Crippen LogP contribution in [0.5, 0.6) is 5.75 Å². The van der Waals surface area contributed by atoms with Crippen molar-refractivity contribution < 1.29 is 13.9 Å². The molecule has 1 aromatic carbocycles. The van der Waals surface area contributed by atoms with Crippen LogP contribution in [0.1, 0.15) is 30.1 Å². The normalized spacial score (nSPS) is 18.9. The largest absolute Gasteiger partial charge is 0.494 e. The maximum Gasteiger partial charge on any atom is 0.254 e. The highest BCUT2D eigenvalue weighted by molar-refractivity contribution is 5.94. The molecule has 0 bridgehead atoms. The van der Waals surface area contributed by atoms with Gasteiger partial charge in [0.05, 0.1) is 7.11 Å². The Kier molecular flexibility index (Phi) is 4.95. The van der Waals surface area contributed by atoms with Crippen LogP contribution in [0, 0.1) is 5.82 Å². The van der Waals surface area contributed by atoms with Crippen LogP contribution in [0.15, 0.2) is 18.2 Å². The number of halogens is 1. The zero-order chi connectivity index (χ0) is 14.5. The van der Waals surface area contributed by atoms with Crippen LogP contribution in [0.25, 0.3) is 0 Å². The van der Waals surface area contributed by atoms with Crippen molar-refractivity contribution >= 4 is 5.91 Å². The van der Waals surface area contributed by atoms with Gasteiger partial charge in [0.1, 0.15) is 0 Å². The first-order chi connectivity index (χ1) is 9.65.